The molecule has 2 atom stereocenters. The molecule has 5 heteroatoms. The van der Waals surface area contributed by atoms with Gasteiger partial charge >= 0.3 is 5.97 Å². The largest absolute Gasteiger partial charge is 0.481 e. The Morgan fingerprint density at radius 3 is 2.68 bits per heavy atom. The summed E-state index contributed by atoms with van der Waals surface area (Å²) in [5, 5.41) is 13.7. The van der Waals surface area contributed by atoms with E-state index in [0.29, 0.717) is 18.9 Å². The van der Waals surface area contributed by atoms with Crippen LogP contribution in [0.2, 0.25) is 0 Å². The average Bonchev–Trinajstić information content (AvgIpc) is 2.89. The predicted molar refractivity (Wildman–Crippen MR) is 91.5 cm³/mol. The topological polar surface area (TPSA) is 62.2 Å². The number of rotatable bonds is 7. The third-order valence-electron chi connectivity index (χ3n) is 4.25. The zero-order chi connectivity index (χ0) is 16.3. The lowest BCUT2D eigenvalue weighted by atomic mass is 9.89. The molecule has 0 bridgehead atoms. The highest BCUT2D eigenvalue weighted by molar-refractivity contribution is 7.18. The summed E-state index contributed by atoms with van der Waals surface area (Å²) in [5.41, 5.74) is 0.361. The van der Waals surface area contributed by atoms with Crippen LogP contribution in [-0.2, 0) is 4.79 Å². The van der Waals surface area contributed by atoms with E-state index < -0.39 is 11.4 Å². The summed E-state index contributed by atoms with van der Waals surface area (Å²) in [6.45, 7) is 8.51. The molecule has 0 aliphatic carbocycles. The normalized spacial score (nSPS) is 14.9. The maximum atomic E-state index is 11.1. The molecule has 0 aliphatic rings. The Kier molecular flexibility index (Phi) is 5.19. The molecule has 2 N–H and O–H groups in total. The van der Waals surface area contributed by atoms with E-state index in [9.17, 15) is 4.79 Å². The van der Waals surface area contributed by atoms with Gasteiger partial charge in [0.15, 0.2) is 0 Å². The molecular formula is C17H24N2O2S. The number of benzene rings is 1. The average molecular weight is 320 g/mol. The monoisotopic (exact) mass is 320 g/mol. The van der Waals surface area contributed by atoms with Crippen LogP contribution in [0.5, 0.6) is 0 Å². The van der Waals surface area contributed by atoms with E-state index in [-0.39, 0.29) is 6.04 Å². The van der Waals surface area contributed by atoms with Crippen molar-refractivity contribution < 1.29 is 9.90 Å². The van der Waals surface area contributed by atoms with E-state index in [4.69, 9.17) is 10.1 Å². The first-order valence-corrected chi connectivity index (χ1v) is 8.45. The molecule has 0 radical (unpaired) electrons. The lowest BCUT2D eigenvalue weighted by Crippen LogP contribution is -2.35. The molecule has 0 spiro atoms. The van der Waals surface area contributed by atoms with Gasteiger partial charge in [-0.05, 0) is 45.9 Å². The summed E-state index contributed by atoms with van der Waals surface area (Å²) >= 11 is 1.73. The van der Waals surface area contributed by atoms with Crippen molar-refractivity contribution in [2.45, 2.75) is 46.1 Å². The van der Waals surface area contributed by atoms with Crippen molar-refractivity contribution in [1.29, 1.82) is 0 Å². The number of fused-ring (bicyclic) bond motifs is 1. The summed E-state index contributed by atoms with van der Waals surface area (Å²) in [5.74, 6) is -0.452. The summed E-state index contributed by atoms with van der Waals surface area (Å²) in [7, 11) is 0. The minimum atomic E-state index is -0.749. The second-order valence-electron chi connectivity index (χ2n) is 6.49. The zero-order valence-corrected chi connectivity index (χ0v) is 14.4. The Hall–Kier alpha value is -1.46. The fourth-order valence-electron chi connectivity index (χ4n) is 2.19. The van der Waals surface area contributed by atoms with Gasteiger partial charge in [-0.15, -0.1) is 11.3 Å². The number of hydrogen-bond acceptors (Lipinski definition) is 4. The van der Waals surface area contributed by atoms with Gasteiger partial charge in [-0.1, -0.05) is 19.1 Å². The first-order chi connectivity index (χ1) is 10.3. The summed E-state index contributed by atoms with van der Waals surface area (Å²) in [6, 6.07) is 8.42. The number of thiazole rings is 1. The smallest absolute Gasteiger partial charge is 0.309 e. The molecule has 0 fully saturated rings. The maximum absolute atomic E-state index is 11.1. The van der Waals surface area contributed by atoms with Crippen LogP contribution >= 0.6 is 11.3 Å². The van der Waals surface area contributed by atoms with E-state index in [2.05, 4.69) is 25.2 Å². The first kappa shape index (κ1) is 16.9. The number of carbonyl (C=O) groups is 1. The molecule has 0 saturated carbocycles. The van der Waals surface area contributed by atoms with Crippen molar-refractivity contribution in [2.24, 2.45) is 5.41 Å². The number of aromatic nitrogens is 1. The number of hydrogen-bond donors (Lipinski definition) is 2. The summed E-state index contributed by atoms with van der Waals surface area (Å²) in [6.07, 6.45) is 0.610. The summed E-state index contributed by atoms with van der Waals surface area (Å²) < 4.78 is 1.21. The van der Waals surface area contributed by atoms with Crippen LogP contribution in [0.15, 0.2) is 24.3 Å². The van der Waals surface area contributed by atoms with E-state index in [1.54, 1.807) is 25.2 Å². The van der Waals surface area contributed by atoms with Crippen molar-refractivity contribution in [3.63, 3.8) is 0 Å². The van der Waals surface area contributed by atoms with Gasteiger partial charge in [0.25, 0.3) is 0 Å². The van der Waals surface area contributed by atoms with Crippen molar-refractivity contribution in [3.8, 4) is 0 Å². The minimum absolute atomic E-state index is 0.255. The molecule has 1 aromatic heterocycles. The van der Waals surface area contributed by atoms with Crippen molar-refractivity contribution in [2.75, 3.05) is 6.54 Å². The molecule has 2 rings (SSSR count). The molecule has 1 aromatic carbocycles. The second kappa shape index (κ2) is 6.75. The van der Waals surface area contributed by atoms with E-state index in [0.717, 1.165) is 10.5 Å². The molecular weight excluding hydrogens is 296 g/mol. The molecule has 4 nitrogen and oxygen atoms in total. The van der Waals surface area contributed by atoms with Gasteiger partial charge in [-0.3, -0.25) is 4.79 Å². The van der Waals surface area contributed by atoms with Gasteiger partial charge in [-0.2, -0.15) is 0 Å². The van der Waals surface area contributed by atoms with Gasteiger partial charge < -0.3 is 10.4 Å². The highest BCUT2D eigenvalue weighted by atomic mass is 32.1. The quantitative estimate of drug-likeness (QED) is 0.812. The summed E-state index contributed by atoms with van der Waals surface area (Å²) in [4.78, 5) is 15.8. The van der Waals surface area contributed by atoms with Gasteiger partial charge in [0, 0.05) is 12.0 Å². The van der Waals surface area contributed by atoms with E-state index in [1.807, 2.05) is 18.2 Å². The van der Waals surface area contributed by atoms with E-state index in [1.165, 1.54) is 4.70 Å². The van der Waals surface area contributed by atoms with Crippen molar-refractivity contribution in [1.82, 2.24) is 10.3 Å². The standard InChI is InChI=1S/C17H24N2O2S/c1-11(12(2)18-10-9-17(3,4)16(20)21)15-19-13-7-5-6-8-14(13)22-15/h5-8,11-12,18H,9-10H2,1-4H3,(H,20,21). The number of nitrogens with zero attached hydrogens (tertiary/aromatic N) is 1. The van der Waals surface area contributed by atoms with Gasteiger partial charge in [0.2, 0.25) is 0 Å². The van der Waals surface area contributed by atoms with Crippen molar-refractivity contribution in [3.05, 3.63) is 29.3 Å². The Balaban J connectivity index is 1.94. The molecule has 0 aliphatic heterocycles. The lowest BCUT2D eigenvalue weighted by Gasteiger charge is -2.23. The van der Waals surface area contributed by atoms with Crippen LogP contribution in [-0.4, -0.2) is 28.6 Å². The molecule has 2 unspecified atom stereocenters. The van der Waals surface area contributed by atoms with E-state index >= 15 is 0 Å². The Morgan fingerprint density at radius 2 is 2.05 bits per heavy atom. The van der Waals surface area contributed by atoms with Gasteiger partial charge in [0.05, 0.1) is 20.6 Å². The van der Waals surface area contributed by atoms with Crippen LogP contribution in [0.25, 0.3) is 10.2 Å². The number of carboxylic acid groups (broad SMARTS) is 1. The molecule has 0 amide bonds. The molecule has 1 heterocycles. The van der Waals surface area contributed by atoms with Crippen LogP contribution in [0.3, 0.4) is 0 Å². The first-order valence-electron chi connectivity index (χ1n) is 7.63. The number of aliphatic carboxylic acids is 1. The fraction of sp³-hybridized carbons (Fsp3) is 0.529. The zero-order valence-electron chi connectivity index (χ0n) is 13.6. The Morgan fingerprint density at radius 1 is 1.36 bits per heavy atom. The molecule has 22 heavy (non-hydrogen) atoms. The Labute approximate surface area is 135 Å². The van der Waals surface area contributed by atoms with Crippen LogP contribution in [0.4, 0.5) is 0 Å². The molecule has 0 saturated heterocycles. The SMILES string of the molecule is CC(NCCC(C)(C)C(=O)O)C(C)c1nc2ccccc2s1. The van der Waals surface area contributed by atoms with Crippen LogP contribution in [0.1, 0.15) is 45.0 Å². The number of carboxylic acids is 1. The second-order valence-corrected chi connectivity index (χ2v) is 7.55. The Bertz CT molecular complexity index is 618. The predicted octanol–water partition coefficient (Wildman–Crippen LogP) is 3.88. The molecule has 2 aromatic rings. The highest BCUT2D eigenvalue weighted by Crippen LogP contribution is 2.29. The number of nitrogens with one attached hydrogen (secondary N) is 1. The lowest BCUT2D eigenvalue weighted by molar-refractivity contribution is -0.147. The molecule has 120 valence electrons. The van der Waals surface area contributed by atoms with Crippen LogP contribution in [0, 0.1) is 5.41 Å². The highest BCUT2D eigenvalue weighted by Gasteiger charge is 2.27. The third kappa shape index (κ3) is 3.84. The third-order valence-corrected chi connectivity index (χ3v) is 5.48. The van der Waals surface area contributed by atoms with Crippen molar-refractivity contribution >= 4 is 27.5 Å². The van der Waals surface area contributed by atoms with Crippen LogP contribution < -0.4 is 5.32 Å². The maximum Gasteiger partial charge on any atom is 0.309 e. The minimum Gasteiger partial charge on any atom is -0.481 e. The number of para-hydroxylation sites is 1. The fourth-order valence-corrected chi connectivity index (χ4v) is 3.32. The van der Waals surface area contributed by atoms with Gasteiger partial charge in [-0.25, -0.2) is 4.98 Å². The van der Waals surface area contributed by atoms with Gasteiger partial charge in [0.1, 0.15) is 0 Å².